The maximum Gasteiger partial charge on any atom is 0.251 e. The van der Waals surface area contributed by atoms with Crippen LogP contribution >= 0.6 is 0 Å². The molecule has 0 amide bonds. The SMILES string of the molecule is CCc1cc2cc(C(=O)Cc3ccccc3)ccc2[nH]c1=O. The van der Waals surface area contributed by atoms with Gasteiger partial charge in [0, 0.05) is 23.1 Å². The zero-order chi connectivity index (χ0) is 15.5. The highest BCUT2D eigenvalue weighted by Crippen LogP contribution is 2.16. The Hall–Kier alpha value is -2.68. The highest BCUT2D eigenvalue weighted by molar-refractivity contribution is 6.00. The second-order valence-corrected chi connectivity index (χ2v) is 5.36. The number of Topliss-reactive ketones (excluding diaryl/α,β-unsaturated/α-hetero) is 1. The minimum absolute atomic E-state index is 0.0571. The summed E-state index contributed by atoms with van der Waals surface area (Å²) in [5.74, 6) is 0.0809. The largest absolute Gasteiger partial charge is 0.322 e. The molecule has 2 aromatic carbocycles. The Morgan fingerprint density at radius 1 is 1.05 bits per heavy atom. The lowest BCUT2D eigenvalue weighted by atomic mass is 10.0. The Balaban J connectivity index is 1.96. The molecule has 0 fully saturated rings. The van der Waals surface area contributed by atoms with E-state index in [1.54, 1.807) is 12.1 Å². The van der Waals surface area contributed by atoms with Crippen molar-refractivity contribution in [1.82, 2.24) is 4.98 Å². The number of rotatable bonds is 4. The van der Waals surface area contributed by atoms with Crippen molar-refractivity contribution in [3.63, 3.8) is 0 Å². The second kappa shape index (κ2) is 5.98. The molecule has 1 N–H and O–H groups in total. The summed E-state index contributed by atoms with van der Waals surface area (Å²) in [5, 5.41) is 0.898. The van der Waals surface area contributed by atoms with Gasteiger partial charge in [-0.1, -0.05) is 37.3 Å². The molecule has 22 heavy (non-hydrogen) atoms. The van der Waals surface area contributed by atoms with E-state index >= 15 is 0 Å². The minimum Gasteiger partial charge on any atom is -0.322 e. The van der Waals surface area contributed by atoms with Crippen molar-refractivity contribution in [1.29, 1.82) is 0 Å². The number of ketones is 1. The number of H-pyrrole nitrogens is 1. The van der Waals surface area contributed by atoms with Gasteiger partial charge in [0.2, 0.25) is 0 Å². The number of fused-ring (bicyclic) bond motifs is 1. The maximum absolute atomic E-state index is 12.4. The maximum atomic E-state index is 12.4. The number of benzene rings is 2. The number of aromatic amines is 1. The Morgan fingerprint density at radius 3 is 2.55 bits per heavy atom. The summed E-state index contributed by atoms with van der Waals surface area (Å²) >= 11 is 0. The van der Waals surface area contributed by atoms with Crippen molar-refractivity contribution in [3.8, 4) is 0 Å². The van der Waals surface area contributed by atoms with Crippen molar-refractivity contribution in [2.24, 2.45) is 0 Å². The first kappa shape index (κ1) is 14.3. The molecule has 3 heteroatoms. The number of aryl methyl sites for hydroxylation is 1. The molecule has 1 aromatic heterocycles. The van der Waals surface area contributed by atoms with Crippen molar-refractivity contribution in [3.05, 3.63) is 81.6 Å². The Kier molecular flexibility index (Phi) is 3.88. The van der Waals surface area contributed by atoms with Crippen molar-refractivity contribution < 1.29 is 4.79 Å². The van der Waals surface area contributed by atoms with Crippen LogP contribution in [0.3, 0.4) is 0 Å². The summed E-state index contributed by atoms with van der Waals surface area (Å²) in [5.41, 5.74) is 3.12. The van der Waals surface area contributed by atoms with Gasteiger partial charge in [-0.2, -0.15) is 0 Å². The Bertz CT molecular complexity index is 879. The van der Waals surface area contributed by atoms with E-state index < -0.39 is 0 Å². The summed E-state index contributed by atoms with van der Waals surface area (Å²) in [6.45, 7) is 1.95. The standard InChI is InChI=1S/C19H17NO2/c1-2-14-11-16-12-15(8-9-17(16)20-19(14)22)18(21)10-13-6-4-3-5-7-13/h3-9,11-12H,2,10H2,1H3,(H,20,22). The monoisotopic (exact) mass is 291 g/mol. The molecule has 0 saturated heterocycles. The lowest BCUT2D eigenvalue weighted by molar-refractivity contribution is 0.0993. The molecule has 0 aliphatic rings. The Labute approximate surface area is 128 Å². The molecule has 3 aromatic rings. The van der Waals surface area contributed by atoms with Gasteiger partial charge < -0.3 is 4.98 Å². The fraction of sp³-hybridized carbons (Fsp3) is 0.158. The third kappa shape index (κ3) is 2.84. The normalized spacial score (nSPS) is 10.8. The highest BCUT2D eigenvalue weighted by atomic mass is 16.1. The van der Waals surface area contributed by atoms with Gasteiger partial charge in [-0.05, 0) is 41.6 Å². The van der Waals surface area contributed by atoms with Gasteiger partial charge >= 0.3 is 0 Å². The second-order valence-electron chi connectivity index (χ2n) is 5.36. The average molecular weight is 291 g/mol. The third-order valence-corrected chi connectivity index (χ3v) is 3.83. The predicted octanol–water partition coefficient (Wildman–Crippen LogP) is 3.52. The summed E-state index contributed by atoms with van der Waals surface area (Å²) < 4.78 is 0. The molecule has 0 radical (unpaired) electrons. The van der Waals surface area contributed by atoms with Crippen LogP contribution in [0.1, 0.15) is 28.4 Å². The zero-order valence-corrected chi connectivity index (χ0v) is 12.4. The molecule has 0 saturated carbocycles. The highest BCUT2D eigenvalue weighted by Gasteiger charge is 2.09. The summed E-state index contributed by atoms with van der Waals surface area (Å²) in [4.78, 5) is 27.1. The molecule has 1 heterocycles. The van der Waals surface area contributed by atoms with E-state index in [1.165, 1.54) is 0 Å². The van der Waals surface area contributed by atoms with Crippen LogP contribution in [0, 0.1) is 0 Å². The first-order chi connectivity index (χ1) is 10.7. The van der Waals surface area contributed by atoms with E-state index in [1.807, 2.05) is 49.4 Å². The van der Waals surface area contributed by atoms with Crippen molar-refractivity contribution in [2.75, 3.05) is 0 Å². The fourth-order valence-corrected chi connectivity index (χ4v) is 2.57. The molecular weight excluding hydrogens is 274 g/mol. The number of hydrogen-bond donors (Lipinski definition) is 1. The lowest BCUT2D eigenvalue weighted by Gasteiger charge is -2.05. The number of aromatic nitrogens is 1. The number of nitrogens with one attached hydrogen (secondary N) is 1. The van der Waals surface area contributed by atoms with Gasteiger partial charge in [-0.3, -0.25) is 9.59 Å². The molecule has 0 bridgehead atoms. The number of pyridine rings is 1. The van der Waals surface area contributed by atoms with E-state index in [-0.39, 0.29) is 11.3 Å². The van der Waals surface area contributed by atoms with E-state index in [9.17, 15) is 9.59 Å². The number of carbonyl (C=O) groups excluding carboxylic acids is 1. The molecule has 3 rings (SSSR count). The molecule has 0 atom stereocenters. The number of carbonyl (C=O) groups is 1. The van der Waals surface area contributed by atoms with Gasteiger partial charge in [0.05, 0.1) is 0 Å². The minimum atomic E-state index is -0.0571. The van der Waals surface area contributed by atoms with Crippen LogP contribution in [0.25, 0.3) is 10.9 Å². The average Bonchev–Trinajstić information content (AvgIpc) is 2.54. The van der Waals surface area contributed by atoms with Crippen LogP contribution in [-0.2, 0) is 12.8 Å². The molecule has 3 nitrogen and oxygen atoms in total. The number of hydrogen-bond acceptors (Lipinski definition) is 2. The van der Waals surface area contributed by atoms with E-state index in [0.29, 0.717) is 18.4 Å². The Morgan fingerprint density at radius 2 is 1.82 bits per heavy atom. The molecular formula is C19H17NO2. The van der Waals surface area contributed by atoms with Gasteiger partial charge in [0.25, 0.3) is 5.56 Å². The van der Waals surface area contributed by atoms with Gasteiger partial charge in [-0.25, -0.2) is 0 Å². The fourth-order valence-electron chi connectivity index (χ4n) is 2.57. The first-order valence-electron chi connectivity index (χ1n) is 7.40. The smallest absolute Gasteiger partial charge is 0.251 e. The van der Waals surface area contributed by atoms with Crippen LogP contribution < -0.4 is 5.56 Å². The van der Waals surface area contributed by atoms with Crippen LogP contribution in [0.5, 0.6) is 0 Å². The molecule has 0 unspecified atom stereocenters. The van der Waals surface area contributed by atoms with Crippen LogP contribution in [-0.4, -0.2) is 10.8 Å². The van der Waals surface area contributed by atoms with E-state index in [2.05, 4.69) is 4.98 Å². The van der Waals surface area contributed by atoms with Gasteiger partial charge in [0.15, 0.2) is 5.78 Å². The van der Waals surface area contributed by atoms with Crippen molar-refractivity contribution in [2.45, 2.75) is 19.8 Å². The molecule has 0 spiro atoms. The predicted molar refractivity (Wildman–Crippen MR) is 88.4 cm³/mol. The zero-order valence-electron chi connectivity index (χ0n) is 12.4. The van der Waals surface area contributed by atoms with Gasteiger partial charge in [0.1, 0.15) is 0 Å². The lowest BCUT2D eigenvalue weighted by Crippen LogP contribution is -2.11. The topological polar surface area (TPSA) is 49.9 Å². The van der Waals surface area contributed by atoms with E-state index in [0.717, 1.165) is 22.0 Å². The summed E-state index contributed by atoms with van der Waals surface area (Å²) in [6, 6.07) is 17.0. The van der Waals surface area contributed by atoms with Gasteiger partial charge in [-0.15, -0.1) is 0 Å². The molecule has 0 aliphatic heterocycles. The quantitative estimate of drug-likeness (QED) is 0.748. The summed E-state index contributed by atoms with van der Waals surface area (Å²) in [7, 11) is 0. The van der Waals surface area contributed by atoms with Crippen LogP contribution in [0.4, 0.5) is 0 Å². The van der Waals surface area contributed by atoms with Crippen LogP contribution in [0.2, 0.25) is 0 Å². The van der Waals surface area contributed by atoms with Crippen LogP contribution in [0.15, 0.2) is 59.4 Å². The molecule has 110 valence electrons. The van der Waals surface area contributed by atoms with E-state index in [4.69, 9.17) is 0 Å². The first-order valence-corrected chi connectivity index (χ1v) is 7.40. The third-order valence-electron chi connectivity index (χ3n) is 3.83. The van der Waals surface area contributed by atoms with Crippen molar-refractivity contribution >= 4 is 16.7 Å². The molecule has 0 aliphatic carbocycles. The summed E-state index contributed by atoms with van der Waals surface area (Å²) in [6.07, 6.45) is 1.06.